The molecule has 0 radical (unpaired) electrons. The second-order valence-electron chi connectivity index (χ2n) is 6.56. The molecule has 0 spiro atoms. The summed E-state index contributed by atoms with van der Waals surface area (Å²) < 4.78 is 7.74. The molecule has 0 aliphatic carbocycles. The lowest BCUT2D eigenvalue weighted by atomic mass is 10.2. The normalized spacial score (nSPS) is 12.3. The molecule has 1 aromatic carbocycles. The van der Waals surface area contributed by atoms with E-state index >= 15 is 0 Å². The van der Waals surface area contributed by atoms with Gasteiger partial charge in [0.25, 0.3) is 0 Å². The topological polar surface area (TPSA) is 63.5 Å². The molecule has 0 amide bonds. The highest BCUT2D eigenvalue weighted by Crippen LogP contribution is 2.17. The van der Waals surface area contributed by atoms with Crippen LogP contribution in [0.2, 0.25) is 0 Å². The number of nitrogens with zero attached hydrogens (tertiary/aromatic N) is 3. The van der Waals surface area contributed by atoms with Crippen LogP contribution in [0.5, 0.6) is 5.75 Å². The number of benzene rings is 1. The van der Waals surface area contributed by atoms with E-state index < -0.39 is 0 Å². The molecule has 0 bridgehead atoms. The maximum absolute atomic E-state index is 5.67. The Morgan fingerprint density at radius 2 is 2.00 bits per heavy atom. The van der Waals surface area contributed by atoms with Crippen LogP contribution in [-0.4, -0.2) is 35.9 Å². The van der Waals surface area contributed by atoms with Gasteiger partial charge in [-0.3, -0.25) is 9.67 Å². The maximum Gasteiger partial charge on any atom is 0.191 e. The zero-order chi connectivity index (χ0) is 18.9. The lowest BCUT2D eigenvalue weighted by molar-refractivity contribution is 0.336. The number of aryl methyl sites for hydroxylation is 2. The number of rotatable bonds is 8. The predicted molar refractivity (Wildman–Crippen MR) is 122 cm³/mol. The van der Waals surface area contributed by atoms with E-state index in [-0.39, 0.29) is 24.0 Å². The zero-order valence-corrected chi connectivity index (χ0v) is 19.3. The molecular weight excluding hydrogens is 453 g/mol. The Balaban J connectivity index is 0.00000364. The van der Waals surface area contributed by atoms with Crippen molar-refractivity contribution in [2.24, 2.45) is 10.9 Å². The Morgan fingerprint density at radius 3 is 2.63 bits per heavy atom. The van der Waals surface area contributed by atoms with Gasteiger partial charge < -0.3 is 15.4 Å². The number of aliphatic imine (C=N–C) groups is 1. The molecule has 1 heterocycles. The third-order valence-corrected chi connectivity index (χ3v) is 4.15. The van der Waals surface area contributed by atoms with E-state index in [1.165, 1.54) is 5.69 Å². The average molecular weight is 485 g/mol. The van der Waals surface area contributed by atoms with Gasteiger partial charge in [-0.1, -0.05) is 25.1 Å². The van der Waals surface area contributed by atoms with Gasteiger partial charge in [0.2, 0.25) is 0 Å². The number of para-hydroxylation sites is 1. The minimum atomic E-state index is 0. The van der Waals surface area contributed by atoms with Crippen LogP contribution in [0.15, 0.2) is 35.3 Å². The van der Waals surface area contributed by atoms with Crippen molar-refractivity contribution in [1.29, 1.82) is 0 Å². The number of hydrogen-bond acceptors (Lipinski definition) is 3. The van der Waals surface area contributed by atoms with Gasteiger partial charge in [0.1, 0.15) is 5.75 Å². The Bertz CT molecular complexity index is 729. The van der Waals surface area contributed by atoms with Crippen molar-refractivity contribution in [3.05, 3.63) is 47.3 Å². The summed E-state index contributed by atoms with van der Waals surface area (Å²) in [5, 5.41) is 11.3. The molecule has 0 saturated heterocycles. The SMILES string of the molecule is CCOc1ccccc1CNC(=NC)NCC(C)Cn1nc(C)cc1C.I. The van der Waals surface area contributed by atoms with Crippen molar-refractivity contribution in [1.82, 2.24) is 20.4 Å². The first-order valence-corrected chi connectivity index (χ1v) is 9.19. The fraction of sp³-hybridized carbons (Fsp3) is 0.500. The molecule has 150 valence electrons. The molecular formula is C20H32IN5O. The molecule has 7 heteroatoms. The molecule has 1 unspecified atom stereocenters. The summed E-state index contributed by atoms with van der Waals surface area (Å²) >= 11 is 0. The zero-order valence-electron chi connectivity index (χ0n) is 17.0. The van der Waals surface area contributed by atoms with Gasteiger partial charge in [-0.05, 0) is 38.8 Å². The van der Waals surface area contributed by atoms with E-state index in [1.807, 2.05) is 32.0 Å². The van der Waals surface area contributed by atoms with Crippen LogP contribution in [0.25, 0.3) is 0 Å². The third kappa shape index (κ3) is 7.40. The highest BCUT2D eigenvalue weighted by Gasteiger charge is 2.09. The lowest BCUT2D eigenvalue weighted by Gasteiger charge is -2.17. The lowest BCUT2D eigenvalue weighted by Crippen LogP contribution is -2.39. The molecule has 27 heavy (non-hydrogen) atoms. The largest absolute Gasteiger partial charge is 0.494 e. The van der Waals surface area contributed by atoms with Crippen LogP contribution in [0.4, 0.5) is 0 Å². The van der Waals surface area contributed by atoms with Crippen molar-refractivity contribution >= 4 is 29.9 Å². The van der Waals surface area contributed by atoms with Crippen LogP contribution < -0.4 is 15.4 Å². The molecule has 0 aliphatic rings. The second-order valence-corrected chi connectivity index (χ2v) is 6.56. The van der Waals surface area contributed by atoms with Gasteiger partial charge in [0, 0.05) is 37.9 Å². The Labute approximate surface area is 179 Å². The maximum atomic E-state index is 5.67. The Kier molecular flexibility index (Phi) is 10.2. The molecule has 2 N–H and O–H groups in total. The van der Waals surface area contributed by atoms with Gasteiger partial charge in [-0.25, -0.2) is 0 Å². The van der Waals surface area contributed by atoms with Crippen molar-refractivity contribution in [3.8, 4) is 5.75 Å². The minimum absolute atomic E-state index is 0. The van der Waals surface area contributed by atoms with Gasteiger partial charge in [-0.15, -0.1) is 24.0 Å². The van der Waals surface area contributed by atoms with Gasteiger partial charge in [-0.2, -0.15) is 5.10 Å². The van der Waals surface area contributed by atoms with Crippen LogP contribution >= 0.6 is 24.0 Å². The number of hydrogen-bond donors (Lipinski definition) is 2. The molecule has 1 atom stereocenters. The van der Waals surface area contributed by atoms with E-state index in [0.29, 0.717) is 19.1 Å². The Hall–Kier alpha value is -1.77. The third-order valence-electron chi connectivity index (χ3n) is 4.15. The van der Waals surface area contributed by atoms with Crippen molar-refractivity contribution in [2.75, 3.05) is 20.2 Å². The average Bonchev–Trinajstić information content (AvgIpc) is 2.93. The summed E-state index contributed by atoms with van der Waals surface area (Å²) in [6.07, 6.45) is 0. The fourth-order valence-electron chi connectivity index (χ4n) is 2.84. The number of aromatic nitrogens is 2. The highest BCUT2D eigenvalue weighted by atomic mass is 127. The van der Waals surface area contributed by atoms with Gasteiger partial charge in [0.05, 0.1) is 12.3 Å². The molecule has 6 nitrogen and oxygen atoms in total. The fourth-order valence-corrected chi connectivity index (χ4v) is 2.84. The van der Waals surface area contributed by atoms with Crippen molar-refractivity contribution < 1.29 is 4.74 Å². The molecule has 0 aliphatic heterocycles. The van der Waals surface area contributed by atoms with Crippen molar-refractivity contribution in [2.45, 2.75) is 40.8 Å². The van der Waals surface area contributed by atoms with Crippen molar-refractivity contribution in [3.63, 3.8) is 0 Å². The van der Waals surface area contributed by atoms with E-state index in [9.17, 15) is 0 Å². The summed E-state index contributed by atoms with van der Waals surface area (Å²) in [4.78, 5) is 4.31. The van der Waals surface area contributed by atoms with Gasteiger partial charge in [0.15, 0.2) is 5.96 Å². The van der Waals surface area contributed by atoms with E-state index in [0.717, 1.165) is 36.1 Å². The second kappa shape index (κ2) is 11.8. The van der Waals surface area contributed by atoms with Crippen LogP contribution in [-0.2, 0) is 13.1 Å². The van der Waals surface area contributed by atoms with Crippen LogP contribution in [0.1, 0.15) is 30.8 Å². The Morgan fingerprint density at radius 1 is 1.26 bits per heavy atom. The summed E-state index contributed by atoms with van der Waals surface area (Å²) in [6, 6.07) is 10.2. The molecule has 2 rings (SSSR count). The quantitative estimate of drug-likeness (QED) is 0.341. The summed E-state index contributed by atoms with van der Waals surface area (Å²) in [7, 11) is 1.79. The monoisotopic (exact) mass is 485 g/mol. The molecule has 1 aromatic heterocycles. The first-order valence-electron chi connectivity index (χ1n) is 9.19. The molecule has 0 fully saturated rings. The number of guanidine groups is 1. The standard InChI is InChI=1S/C20H31N5O.HI/c1-6-26-19-10-8-7-9-18(19)13-23-20(21-5)22-12-15(2)14-25-17(4)11-16(3)24-25;/h7-11,15H,6,12-14H2,1-5H3,(H2,21,22,23);1H. The van der Waals surface area contributed by atoms with Gasteiger partial charge >= 0.3 is 0 Å². The van der Waals surface area contributed by atoms with Crippen LogP contribution in [0, 0.1) is 19.8 Å². The predicted octanol–water partition coefficient (Wildman–Crippen LogP) is 3.52. The molecule has 2 aromatic rings. The first kappa shape index (κ1) is 23.3. The highest BCUT2D eigenvalue weighted by molar-refractivity contribution is 14.0. The minimum Gasteiger partial charge on any atom is -0.494 e. The summed E-state index contributed by atoms with van der Waals surface area (Å²) in [6.45, 7) is 11.4. The van der Waals surface area contributed by atoms with E-state index in [2.05, 4.69) is 51.4 Å². The smallest absolute Gasteiger partial charge is 0.191 e. The number of ether oxygens (including phenoxy) is 1. The summed E-state index contributed by atoms with van der Waals surface area (Å²) in [5.74, 6) is 2.13. The van der Waals surface area contributed by atoms with Crippen LogP contribution in [0.3, 0.4) is 0 Å². The molecule has 0 saturated carbocycles. The number of nitrogens with one attached hydrogen (secondary N) is 2. The summed E-state index contributed by atoms with van der Waals surface area (Å²) in [5.41, 5.74) is 3.38. The number of halogens is 1. The van der Waals surface area contributed by atoms with E-state index in [1.54, 1.807) is 7.05 Å². The first-order chi connectivity index (χ1) is 12.5. The van der Waals surface area contributed by atoms with E-state index in [4.69, 9.17) is 4.74 Å².